The molecule has 0 aliphatic heterocycles. The van der Waals surface area contributed by atoms with Crippen LogP contribution >= 0.6 is 0 Å². The van der Waals surface area contributed by atoms with E-state index in [1.165, 1.54) is 0 Å². The lowest BCUT2D eigenvalue weighted by Crippen LogP contribution is -2.41. The van der Waals surface area contributed by atoms with Gasteiger partial charge in [-0.15, -0.1) is 0 Å². The van der Waals surface area contributed by atoms with Crippen LogP contribution < -0.4 is 0 Å². The van der Waals surface area contributed by atoms with Gasteiger partial charge in [0.15, 0.2) is 0 Å². The van der Waals surface area contributed by atoms with Gasteiger partial charge in [0.2, 0.25) is 15.8 Å². The third-order valence-corrected chi connectivity index (χ3v) is 8.27. The molecule has 5 rings (SSSR count). The molecule has 0 saturated heterocycles. The van der Waals surface area contributed by atoms with E-state index in [1.807, 2.05) is 37.3 Å². The highest BCUT2D eigenvalue weighted by Gasteiger charge is 2.35. The summed E-state index contributed by atoms with van der Waals surface area (Å²) in [6.45, 7) is 2.19. The third-order valence-electron chi connectivity index (χ3n) is 6.31. The van der Waals surface area contributed by atoms with Crippen molar-refractivity contribution < 1.29 is 17.4 Å². The van der Waals surface area contributed by atoms with Gasteiger partial charge in [-0.25, -0.2) is 8.42 Å². The molecule has 0 amide bonds. The number of rotatable bonds is 7. The molecule has 0 atom stereocenters. The van der Waals surface area contributed by atoms with Crippen LogP contribution in [-0.4, -0.2) is 28.9 Å². The average Bonchev–Trinajstić information content (AvgIpc) is 3.56. The molecule has 1 aliphatic rings. The molecule has 4 aromatic rings. The van der Waals surface area contributed by atoms with E-state index in [4.69, 9.17) is 8.94 Å². The van der Waals surface area contributed by atoms with Crippen LogP contribution in [0.2, 0.25) is 0 Å². The van der Waals surface area contributed by atoms with Gasteiger partial charge in [-0.2, -0.15) is 9.29 Å². The maximum absolute atomic E-state index is 14.1. The fourth-order valence-electron chi connectivity index (χ4n) is 4.48. The molecule has 1 saturated carbocycles. The number of sulfonamides is 1. The SMILES string of the molecule is Cc1ccc(-c2noc(-c3ccccc3S(=O)(=O)N(Cc3ccco3)C3CCCCC3)n2)cc1. The Labute approximate surface area is 199 Å². The van der Waals surface area contributed by atoms with Gasteiger partial charge in [-0.3, -0.25) is 0 Å². The lowest BCUT2D eigenvalue weighted by atomic mass is 9.95. The first-order valence-electron chi connectivity index (χ1n) is 11.6. The topological polar surface area (TPSA) is 89.4 Å². The van der Waals surface area contributed by atoms with Crippen LogP contribution in [-0.2, 0) is 16.6 Å². The predicted molar refractivity (Wildman–Crippen MR) is 128 cm³/mol. The molecule has 0 N–H and O–H groups in total. The Balaban J connectivity index is 1.53. The fraction of sp³-hybridized carbons (Fsp3) is 0.308. The van der Waals surface area contributed by atoms with Crippen molar-refractivity contribution in [3.8, 4) is 22.8 Å². The zero-order valence-electron chi connectivity index (χ0n) is 19.1. The van der Waals surface area contributed by atoms with Crippen molar-refractivity contribution in [2.75, 3.05) is 0 Å². The standard InChI is InChI=1S/C26H27N3O4S/c1-19-13-15-20(16-14-19)25-27-26(33-28-25)23-11-5-6-12-24(23)34(30,31)29(18-22-10-7-17-32-22)21-8-3-2-4-9-21/h5-7,10-17,21H,2-4,8-9,18H2,1H3. The second-order valence-corrected chi connectivity index (χ2v) is 10.6. The molecule has 1 aliphatic carbocycles. The number of aromatic nitrogens is 2. The molecule has 0 bridgehead atoms. The smallest absolute Gasteiger partial charge is 0.259 e. The molecule has 176 valence electrons. The second kappa shape index (κ2) is 9.56. The van der Waals surface area contributed by atoms with E-state index < -0.39 is 10.0 Å². The molecule has 0 unspecified atom stereocenters. The van der Waals surface area contributed by atoms with Crippen LogP contribution in [0, 0.1) is 6.92 Å². The zero-order valence-corrected chi connectivity index (χ0v) is 19.9. The summed E-state index contributed by atoms with van der Waals surface area (Å²) in [6.07, 6.45) is 6.39. The van der Waals surface area contributed by atoms with E-state index in [2.05, 4.69) is 10.1 Å². The fourth-order valence-corrected chi connectivity index (χ4v) is 6.32. The first kappa shape index (κ1) is 22.6. The third kappa shape index (κ3) is 4.56. The Morgan fingerprint density at radius 3 is 2.47 bits per heavy atom. The molecule has 2 heterocycles. The summed E-state index contributed by atoms with van der Waals surface area (Å²) in [7, 11) is -3.87. The minimum Gasteiger partial charge on any atom is -0.468 e. The molecule has 0 radical (unpaired) electrons. The summed E-state index contributed by atoms with van der Waals surface area (Å²) < 4.78 is 40.8. The van der Waals surface area contributed by atoms with E-state index in [9.17, 15) is 8.42 Å². The van der Waals surface area contributed by atoms with Gasteiger partial charge in [0.25, 0.3) is 5.89 Å². The Kier molecular flexibility index (Phi) is 6.34. The highest BCUT2D eigenvalue weighted by molar-refractivity contribution is 7.89. The maximum Gasteiger partial charge on any atom is 0.259 e. The van der Waals surface area contributed by atoms with E-state index in [1.54, 1.807) is 40.9 Å². The first-order chi connectivity index (χ1) is 16.5. The van der Waals surface area contributed by atoms with E-state index in [-0.39, 0.29) is 23.4 Å². The van der Waals surface area contributed by atoms with Gasteiger partial charge in [0.05, 0.1) is 23.3 Å². The number of furan rings is 1. The van der Waals surface area contributed by atoms with Crippen molar-refractivity contribution >= 4 is 10.0 Å². The summed E-state index contributed by atoms with van der Waals surface area (Å²) in [6, 6.07) is 18.1. The minimum absolute atomic E-state index is 0.0808. The lowest BCUT2D eigenvalue weighted by molar-refractivity contribution is 0.234. The average molecular weight is 478 g/mol. The van der Waals surface area contributed by atoms with Crippen molar-refractivity contribution in [2.45, 2.75) is 56.5 Å². The number of hydrogen-bond acceptors (Lipinski definition) is 6. The van der Waals surface area contributed by atoms with Gasteiger partial charge in [0, 0.05) is 11.6 Å². The second-order valence-electron chi connectivity index (χ2n) is 8.71. The van der Waals surface area contributed by atoms with Crippen LogP contribution in [0.4, 0.5) is 0 Å². The van der Waals surface area contributed by atoms with Crippen molar-refractivity contribution in [3.05, 3.63) is 78.3 Å². The number of hydrogen-bond donors (Lipinski definition) is 0. The minimum atomic E-state index is -3.87. The highest BCUT2D eigenvalue weighted by atomic mass is 32.2. The first-order valence-corrected chi connectivity index (χ1v) is 13.0. The zero-order chi connectivity index (χ0) is 23.5. The number of nitrogens with zero attached hydrogens (tertiary/aromatic N) is 3. The van der Waals surface area contributed by atoms with Crippen LogP contribution in [0.15, 0.2) is 80.8 Å². The Bertz CT molecular complexity index is 1340. The predicted octanol–water partition coefficient (Wildman–Crippen LogP) is 5.83. The molecular formula is C26H27N3O4S. The quantitative estimate of drug-likeness (QED) is 0.333. The van der Waals surface area contributed by atoms with Crippen molar-refractivity contribution in [1.29, 1.82) is 0 Å². The van der Waals surface area contributed by atoms with Crippen molar-refractivity contribution in [3.63, 3.8) is 0 Å². The highest BCUT2D eigenvalue weighted by Crippen LogP contribution is 2.34. The summed E-state index contributed by atoms with van der Waals surface area (Å²) in [5.41, 5.74) is 2.33. The van der Waals surface area contributed by atoms with Gasteiger partial charge in [-0.1, -0.05) is 66.4 Å². The van der Waals surface area contributed by atoms with Crippen LogP contribution in [0.1, 0.15) is 43.4 Å². The molecule has 2 aromatic carbocycles. The summed E-state index contributed by atoms with van der Waals surface area (Å²) in [5.74, 6) is 1.21. The van der Waals surface area contributed by atoms with E-state index in [0.29, 0.717) is 17.1 Å². The number of aryl methyl sites for hydroxylation is 1. The van der Waals surface area contributed by atoms with Crippen molar-refractivity contribution in [1.82, 2.24) is 14.4 Å². The maximum atomic E-state index is 14.1. The number of benzene rings is 2. The normalized spacial score (nSPS) is 15.1. The Morgan fingerprint density at radius 2 is 1.74 bits per heavy atom. The summed E-state index contributed by atoms with van der Waals surface area (Å²) >= 11 is 0. The summed E-state index contributed by atoms with van der Waals surface area (Å²) in [4.78, 5) is 4.68. The Morgan fingerprint density at radius 1 is 0.971 bits per heavy atom. The molecule has 2 aromatic heterocycles. The van der Waals surface area contributed by atoms with Crippen molar-refractivity contribution in [2.24, 2.45) is 0 Å². The largest absolute Gasteiger partial charge is 0.468 e. The van der Waals surface area contributed by atoms with E-state index >= 15 is 0 Å². The molecule has 7 nitrogen and oxygen atoms in total. The van der Waals surface area contributed by atoms with E-state index in [0.717, 1.165) is 43.2 Å². The van der Waals surface area contributed by atoms with Gasteiger partial charge in [0.1, 0.15) is 5.76 Å². The van der Waals surface area contributed by atoms with Gasteiger partial charge in [-0.05, 0) is 44.0 Å². The Hall–Kier alpha value is -3.23. The molecule has 8 heteroatoms. The van der Waals surface area contributed by atoms with Gasteiger partial charge < -0.3 is 8.94 Å². The monoisotopic (exact) mass is 477 g/mol. The molecular weight excluding hydrogens is 450 g/mol. The molecule has 34 heavy (non-hydrogen) atoms. The van der Waals surface area contributed by atoms with Crippen LogP contribution in [0.25, 0.3) is 22.8 Å². The summed E-state index contributed by atoms with van der Waals surface area (Å²) in [5, 5.41) is 4.10. The van der Waals surface area contributed by atoms with Crippen LogP contribution in [0.3, 0.4) is 0 Å². The molecule has 0 spiro atoms. The molecule has 1 fully saturated rings. The lowest BCUT2D eigenvalue weighted by Gasteiger charge is -2.33. The van der Waals surface area contributed by atoms with Crippen LogP contribution in [0.5, 0.6) is 0 Å². The van der Waals surface area contributed by atoms with Gasteiger partial charge >= 0.3 is 0 Å².